The Morgan fingerprint density at radius 2 is 0.500 bits per heavy atom. The molecule has 1 spiro atoms. The third-order valence-electron chi connectivity index (χ3n) is 16.5. The predicted octanol–water partition coefficient (Wildman–Crippen LogP) is 19.0. The lowest BCUT2D eigenvalue weighted by Crippen LogP contribution is -2.28. The largest absolute Gasteiger partial charge is 0.310 e. The third kappa shape index (κ3) is 6.41. The lowest BCUT2D eigenvalue weighted by atomic mass is 9.68. The number of anilines is 6. The maximum atomic E-state index is 2.52. The zero-order chi connectivity index (χ0) is 50.2. The van der Waals surface area contributed by atoms with Crippen molar-refractivity contribution in [3.8, 4) is 44.5 Å². The number of hydrogen-bond acceptors (Lipinski definition) is 2. The number of nitrogens with zero attached hydrogens (tertiary/aromatic N) is 2. The Hall–Kier alpha value is -9.76. The van der Waals surface area contributed by atoms with Crippen LogP contribution in [0, 0.1) is 0 Å². The van der Waals surface area contributed by atoms with Crippen molar-refractivity contribution in [2.45, 2.75) is 10.8 Å². The van der Waals surface area contributed by atoms with Gasteiger partial charge in [0.1, 0.15) is 0 Å². The van der Waals surface area contributed by atoms with Gasteiger partial charge in [0.05, 0.1) is 10.8 Å². The van der Waals surface area contributed by atoms with E-state index >= 15 is 0 Å². The molecule has 0 heterocycles. The molecule has 356 valence electrons. The summed E-state index contributed by atoms with van der Waals surface area (Å²) in [5, 5.41) is 0. The zero-order valence-electron chi connectivity index (χ0n) is 41.8. The summed E-state index contributed by atoms with van der Waals surface area (Å²) in [4.78, 5) is 4.89. The minimum atomic E-state index is -0.604. The molecular formula is C74H50N2. The fourth-order valence-electron chi connectivity index (χ4n) is 13.5. The minimum Gasteiger partial charge on any atom is -0.310 e. The molecule has 12 aromatic carbocycles. The van der Waals surface area contributed by atoms with Gasteiger partial charge in [-0.15, -0.1) is 0 Å². The predicted molar refractivity (Wildman–Crippen MR) is 315 cm³/mol. The maximum absolute atomic E-state index is 2.52. The van der Waals surface area contributed by atoms with Crippen LogP contribution in [0.25, 0.3) is 44.5 Å². The van der Waals surface area contributed by atoms with Gasteiger partial charge in [-0.3, -0.25) is 0 Å². The number of benzene rings is 12. The quantitative estimate of drug-likeness (QED) is 0.142. The van der Waals surface area contributed by atoms with E-state index in [1.807, 2.05) is 0 Å². The lowest BCUT2D eigenvalue weighted by molar-refractivity contribution is 0.768. The Morgan fingerprint density at radius 3 is 1.00 bits per heavy atom. The third-order valence-corrected chi connectivity index (χ3v) is 16.5. The van der Waals surface area contributed by atoms with E-state index in [1.54, 1.807) is 0 Å². The van der Waals surface area contributed by atoms with Crippen molar-refractivity contribution in [2.24, 2.45) is 0 Å². The molecule has 0 radical (unpaired) electrons. The zero-order valence-corrected chi connectivity index (χ0v) is 41.8. The molecular weight excluding hydrogens is 917 g/mol. The summed E-state index contributed by atoms with van der Waals surface area (Å²) in [7, 11) is 0. The van der Waals surface area contributed by atoms with E-state index in [0.717, 1.165) is 34.1 Å². The summed E-state index contributed by atoms with van der Waals surface area (Å²) in [5.74, 6) is 0. The standard InChI is InChI=1S/C74H50N2/c1-6-22-51(23-7-1)52-38-40-57(41-39-52)76(58-44-47-70-66(48-58)63-34-18-19-35-67(63)73(70,53-24-8-2-9-25-53)54-26-10-3-11-27-54)60-43-46-65-62-33-17-21-37-69(62)74(72(65)50-60)68-36-20-16-32-61(68)64-45-42-59(49-71(64)74)75(55-28-12-4-13-29-55)56-30-14-5-15-31-56/h1-50H. The van der Waals surface area contributed by atoms with Crippen molar-refractivity contribution in [3.63, 3.8) is 0 Å². The molecule has 15 rings (SSSR count). The van der Waals surface area contributed by atoms with Gasteiger partial charge in [-0.25, -0.2) is 0 Å². The molecule has 0 fully saturated rings. The van der Waals surface area contributed by atoms with Crippen molar-refractivity contribution in [3.05, 3.63) is 348 Å². The Morgan fingerprint density at radius 1 is 0.184 bits per heavy atom. The SMILES string of the molecule is c1ccc(-c2ccc(N(c3ccc4c(c3)-c3ccccc3C4(c3ccccc3)c3ccccc3)c3ccc4c(c3)C3(c5ccccc5-c5ccc(N(c6ccccc6)c6ccccc6)cc53)c3ccccc3-4)cc2)cc1. The average Bonchev–Trinajstić information content (AvgIpc) is 4.10. The van der Waals surface area contributed by atoms with Gasteiger partial charge in [0.2, 0.25) is 0 Å². The summed E-state index contributed by atoms with van der Waals surface area (Å²) in [6.45, 7) is 0. The first-order valence-corrected chi connectivity index (χ1v) is 26.4. The summed E-state index contributed by atoms with van der Waals surface area (Å²) >= 11 is 0. The first kappa shape index (κ1) is 43.8. The first-order chi connectivity index (χ1) is 37.7. The highest BCUT2D eigenvalue weighted by Crippen LogP contribution is 2.64. The highest BCUT2D eigenvalue weighted by molar-refractivity contribution is 5.98. The van der Waals surface area contributed by atoms with Crippen LogP contribution in [-0.4, -0.2) is 0 Å². The number of rotatable bonds is 9. The molecule has 3 aliphatic rings. The van der Waals surface area contributed by atoms with Gasteiger partial charge in [0.25, 0.3) is 0 Å². The van der Waals surface area contributed by atoms with Gasteiger partial charge in [-0.05, 0) is 162 Å². The molecule has 12 aromatic rings. The molecule has 0 N–H and O–H groups in total. The number of hydrogen-bond donors (Lipinski definition) is 0. The normalized spacial score (nSPS) is 14.7. The molecule has 0 bridgehead atoms. The first-order valence-electron chi connectivity index (χ1n) is 26.4. The Balaban J connectivity index is 0.969. The van der Waals surface area contributed by atoms with Gasteiger partial charge in [-0.1, -0.05) is 231 Å². The van der Waals surface area contributed by atoms with Crippen LogP contribution in [0.4, 0.5) is 34.1 Å². The number of fused-ring (bicyclic) bond motifs is 13. The molecule has 0 aliphatic heterocycles. The van der Waals surface area contributed by atoms with E-state index in [0.29, 0.717) is 0 Å². The van der Waals surface area contributed by atoms with E-state index < -0.39 is 10.8 Å². The molecule has 76 heavy (non-hydrogen) atoms. The molecule has 2 nitrogen and oxygen atoms in total. The van der Waals surface area contributed by atoms with Crippen LogP contribution in [-0.2, 0) is 10.8 Å². The van der Waals surface area contributed by atoms with Crippen molar-refractivity contribution >= 4 is 34.1 Å². The van der Waals surface area contributed by atoms with Crippen LogP contribution < -0.4 is 9.80 Å². The minimum absolute atomic E-state index is 0.500. The van der Waals surface area contributed by atoms with Crippen molar-refractivity contribution < 1.29 is 0 Å². The van der Waals surface area contributed by atoms with Gasteiger partial charge < -0.3 is 9.80 Å². The second kappa shape index (κ2) is 17.4. The molecule has 0 saturated heterocycles. The van der Waals surface area contributed by atoms with E-state index in [9.17, 15) is 0 Å². The molecule has 0 aromatic heterocycles. The fourth-order valence-corrected chi connectivity index (χ4v) is 13.5. The Kier molecular flexibility index (Phi) is 10.0. The van der Waals surface area contributed by atoms with Gasteiger partial charge in [0, 0.05) is 34.1 Å². The van der Waals surface area contributed by atoms with Crippen molar-refractivity contribution in [1.29, 1.82) is 0 Å². The fraction of sp³-hybridized carbons (Fsp3) is 0.0270. The topological polar surface area (TPSA) is 6.48 Å². The second-order valence-electron chi connectivity index (χ2n) is 20.3. The highest BCUT2D eigenvalue weighted by atomic mass is 15.1. The maximum Gasteiger partial charge on any atom is 0.0727 e. The highest BCUT2D eigenvalue weighted by Gasteiger charge is 2.52. The Bertz CT molecular complexity index is 4060. The number of para-hydroxylation sites is 2. The summed E-state index contributed by atoms with van der Waals surface area (Å²) < 4.78 is 0. The van der Waals surface area contributed by atoms with Crippen LogP contribution in [0.3, 0.4) is 0 Å². The van der Waals surface area contributed by atoms with Crippen LogP contribution in [0.1, 0.15) is 44.5 Å². The lowest BCUT2D eigenvalue weighted by Gasteiger charge is -2.34. The molecule has 1 unspecified atom stereocenters. The molecule has 0 saturated carbocycles. The summed E-state index contributed by atoms with van der Waals surface area (Å²) in [6.07, 6.45) is 0. The molecule has 1 atom stereocenters. The van der Waals surface area contributed by atoms with Crippen LogP contribution in [0.2, 0.25) is 0 Å². The second-order valence-corrected chi connectivity index (χ2v) is 20.3. The molecule has 3 aliphatic carbocycles. The van der Waals surface area contributed by atoms with Crippen LogP contribution in [0.15, 0.2) is 303 Å². The summed E-state index contributed by atoms with van der Waals surface area (Å²) in [6, 6.07) is 113. The van der Waals surface area contributed by atoms with E-state index in [4.69, 9.17) is 0 Å². The van der Waals surface area contributed by atoms with E-state index in [-0.39, 0.29) is 0 Å². The van der Waals surface area contributed by atoms with E-state index in [2.05, 4.69) is 313 Å². The molecule has 0 amide bonds. The van der Waals surface area contributed by atoms with Crippen molar-refractivity contribution in [1.82, 2.24) is 0 Å². The summed E-state index contributed by atoms with van der Waals surface area (Å²) in [5.41, 5.74) is 25.7. The van der Waals surface area contributed by atoms with Crippen molar-refractivity contribution in [2.75, 3.05) is 9.80 Å². The van der Waals surface area contributed by atoms with Crippen LogP contribution >= 0.6 is 0 Å². The monoisotopic (exact) mass is 966 g/mol. The van der Waals surface area contributed by atoms with Crippen LogP contribution in [0.5, 0.6) is 0 Å². The van der Waals surface area contributed by atoms with E-state index in [1.165, 1.54) is 89.0 Å². The molecule has 2 heteroatoms. The van der Waals surface area contributed by atoms with Gasteiger partial charge in [-0.2, -0.15) is 0 Å². The average molecular weight is 967 g/mol. The van der Waals surface area contributed by atoms with Gasteiger partial charge >= 0.3 is 0 Å². The Labute approximate surface area is 444 Å². The van der Waals surface area contributed by atoms with Gasteiger partial charge in [0.15, 0.2) is 0 Å². The smallest absolute Gasteiger partial charge is 0.0727 e.